The van der Waals surface area contributed by atoms with Gasteiger partial charge in [-0.1, -0.05) is 47.6 Å². The van der Waals surface area contributed by atoms with Crippen LogP contribution in [-0.2, 0) is 20.2 Å². The molecule has 52 heavy (non-hydrogen) atoms. The molecule has 0 spiro atoms. The number of urea groups is 1. The molecule has 15 nitrogen and oxygen atoms in total. The second-order valence-electron chi connectivity index (χ2n) is 12.1. The Hall–Kier alpha value is -5.75. The molecule has 0 saturated heterocycles. The maximum Gasteiger partial charge on any atom is 0.323 e. The Kier molecular flexibility index (Phi) is 9.78. The zero-order valence-electron chi connectivity index (χ0n) is 26.9. The number of amides is 4. The van der Waals surface area contributed by atoms with Crippen molar-refractivity contribution in [1.29, 1.82) is 0 Å². The third-order valence-corrected chi connectivity index (χ3v) is 10.8. The normalized spacial score (nSPS) is 21.7. The number of benzene rings is 2. The van der Waals surface area contributed by atoms with Crippen LogP contribution in [0.25, 0.3) is 0 Å². The van der Waals surface area contributed by atoms with Crippen molar-refractivity contribution >= 4 is 60.9 Å². The minimum Gasteiger partial charge on any atom is -0.506 e. The molecule has 2 aromatic carbocycles. The molecule has 0 saturated carbocycles. The minimum absolute atomic E-state index is 0.00665. The van der Waals surface area contributed by atoms with E-state index in [0.717, 1.165) is 0 Å². The number of hydrogen-bond donors (Lipinski definition) is 6. The van der Waals surface area contributed by atoms with Crippen molar-refractivity contribution in [2.45, 2.75) is 25.7 Å². The summed E-state index contributed by atoms with van der Waals surface area (Å²) in [5.41, 5.74) is 0.979. The summed E-state index contributed by atoms with van der Waals surface area (Å²) < 4.78 is 66.2. The standard InChI is InChI=1S/C35H30N4O11S2/c40-29-15-11-19-9-13-21(51(45,46)47)17-25(19)31(29)38-33(42)23-5-1-3-7-27(23)36-35(44)37-28-8-4-2-6-24(28)34(43)39-32-26-18-22(52(48,49)50)14-10-20(26)12-16-30(32)41/h1-10,13-16,25-26,40-41H,11-12,17-18H2,(H2,36,37,44)(H,45,46,47)(H,48,49,50). The van der Waals surface area contributed by atoms with Crippen LogP contribution >= 0.6 is 0 Å². The van der Waals surface area contributed by atoms with E-state index in [9.17, 15) is 50.5 Å². The number of aliphatic imine (C=N–C) groups is 2. The van der Waals surface area contributed by atoms with E-state index in [1.807, 2.05) is 0 Å². The number of carbonyl (C=O) groups excluding carboxylic acids is 3. The summed E-state index contributed by atoms with van der Waals surface area (Å²) in [6, 6.07) is 10.8. The summed E-state index contributed by atoms with van der Waals surface area (Å²) in [7, 11) is -9.06. The Labute approximate surface area is 297 Å². The highest BCUT2D eigenvalue weighted by Crippen LogP contribution is 2.38. The van der Waals surface area contributed by atoms with Gasteiger partial charge in [0.15, 0.2) is 0 Å². The average molecular weight is 747 g/mol. The molecule has 4 amide bonds. The number of hydrogen-bond acceptors (Lipinski definition) is 9. The first-order valence-corrected chi connectivity index (χ1v) is 18.5. The fourth-order valence-electron chi connectivity index (χ4n) is 6.22. The third kappa shape index (κ3) is 7.62. The van der Waals surface area contributed by atoms with Crippen molar-refractivity contribution < 1.29 is 50.5 Å². The molecule has 4 aliphatic rings. The maximum absolute atomic E-state index is 13.5. The monoisotopic (exact) mass is 746 g/mol. The zero-order valence-corrected chi connectivity index (χ0v) is 28.6. The number of anilines is 2. The van der Waals surface area contributed by atoms with Crippen molar-refractivity contribution in [2.75, 3.05) is 10.6 Å². The van der Waals surface area contributed by atoms with E-state index >= 15 is 0 Å². The smallest absolute Gasteiger partial charge is 0.323 e. The van der Waals surface area contributed by atoms with Crippen LogP contribution in [0.15, 0.2) is 127 Å². The van der Waals surface area contributed by atoms with Gasteiger partial charge in [-0.3, -0.25) is 18.7 Å². The van der Waals surface area contributed by atoms with Crippen molar-refractivity contribution in [3.8, 4) is 0 Å². The van der Waals surface area contributed by atoms with E-state index in [2.05, 4.69) is 20.6 Å². The second-order valence-corrected chi connectivity index (χ2v) is 15.0. The van der Waals surface area contributed by atoms with Crippen LogP contribution in [0.1, 0.15) is 46.4 Å². The molecule has 0 heterocycles. The molecule has 0 fully saturated rings. The van der Waals surface area contributed by atoms with Gasteiger partial charge >= 0.3 is 6.03 Å². The molecule has 2 unspecified atom stereocenters. The SMILES string of the molecule is O=C(Nc1ccccc1C(=O)N=C1C(O)=CCC2=CC=C(S(=O)(=O)O)CC21)Nc1ccccc1C(=O)N=C1C(O)=CCC2=CC=C(S(=O)(=O)O)CC21. The number of allylic oxidation sites excluding steroid dienone is 12. The van der Waals surface area contributed by atoms with E-state index in [0.29, 0.717) is 11.1 Å². The summed E-state index contributed by atoms with van der Waals surface area (Å²) in [6.07, 6.45) is 8.44. The molecule has 4 aliphatic carbocycles. The van der Waals surface area contributed by atoms with E-state index in [4.69, 9.17) is 0 Å². The van der Waals surface area contributed by atoms with E-state index in [-0.39, 0.29) is 80.9 Å². The fourth-order valence-corrected chi connectivity index (χ4v) is 7.45. The predicted molar refractivity (Wildman–Crippen MR) is 191 cm³/mol. The Bertz CT molecular complexity index is 2230. The van der Waals surface area contributed by atoms with E-state index in [1.54, 1.807) is 0 Å². The molecule has 6 rings (SSSR count). The largest absolute Gasteiger partial charge is 0.506 e. The van der Waals surface area contributed by atoms with Gasteiger partial charge in [0, 0.05) is 11.8 Å². The van der Waals surface area contributed by atoms with Gasteiger partial charge < -0.3 is 20.8 Å². The highest BCUT2D eigenvalue weighted by Gasteiger charge is 2.35. The predicted octanol–water partition coefficient (Wildman–Crippen LogP) is 5.62. The van der Waals surface area contributed by atoms with Crippen molar-refractivity contribution in [3.63, 3.8) is 0 Å². The molecule has 0 radical (unpaired) electrons. The average Bonchev–Trinajstić information content (AvgIpc) is 3.09. The molecule has 0 aromatic heterocycles. The van der Waals surface area contributed by atoms with Gasteiger partial charge in [-0.25, -0.2) is 14.8 Å². The number of para-hydroxylation sites is 2. The highest BCUT2D eigenvalue weighted by atomic mass is 32.2. The van der Waals surface area contributed by atoms with Crippen LogP contribution in [0, 0.1) is 11.8 Å². The first-order valence-electron chi connectivity index (χ1n) is 15.6. The zero-order chi connectivity index (χ0) is 37.4. The molecule has 2 aromatic rings. The lowest BCUT2D eigenvalue weighted by molar-refractivity contribution is 0.0994. The lowest BCUT2D eigenvalue weighted by Gasteiger charge is -2.28. The number of aliphatic hydroxyl groups is 2. The van der Waals surface area contributed by atoms with Gasteiger partial charge in [0.05, 0.1) is 43.7 Å². The summed E-state index contributed by atoms with van der Waals surface area (Å²) in [5, 5.41) is 26.3. The van der Waals surface area contributed by atoms with Crippen molar-refractivity contribution in [2.24, 2.45) is 21.8 Å². The van der Waals surface area contributed by atoms with Crippen molar-refractivity contribution in [1.82, 2.24) is 0 Å². The number of aliphatic hydroxyl groups excluding tert-OH is 2. The number of rotatable bonds is 6. The van der Waals surface area contributed by atoms with Crippen molar-refractivity contribution in [3.05, 3.63) is 129 Å². The topological polar surface area (TPSA) is 249 Å². The van der Waals surface area contributed by atoms with Crippen LogP contribution in [0.5, 0.6) is 0 Å². The third-order valence-electron chi connectivity index (χ3n) is 8.84. The molecule has 6 N–H and O–H groups in total. The van der Waals surface area contributed by atoms with E-state index in [1.165, 1.54) is 85.0 Å². The highest BCUT2D eigenvalue weighted by molar-refractivity contribution is 7.90. The Balaban J connectivity index is 1.22. The van der Waals surface area contributed by atoms with Gasteiger partial charge in [0.2, 0.25) is 0 Å². The van der Waals surface area contributed by atoms with Crippen LogP contribution in [0.2, 0.25) is 0 Å². The van der Waals surface area contributed by atoms with Gasteiger partial charge in [-0.2, -0.15) is 16.8 Å². The maximum atomic E-state index is 13.5. The Morgan fingerprint density at radius 1 is 0.615 bits per heavy atom. The number of nitrogens with zero attached hydrogens (tertiary/aromatic N) is 2. The van der Waals surface area contributed by atoms with Crippen LogP contribution in [0.3, 0.4) is 0 Å². The van der Waals surface area contributed by atoms with E-state index < -0.39 is 49.9 Å². The first kappa shape index (κ1) is 36.1. The molecule has 17 heteroatoms. The molecule has 2 atom stereocenters. The van der Waals surface area contributed by atoms with Gasteiger partial charge in [-0.05, 0) is 74.3 Å². The number of nitrogens with one attached hydrogen (secondary N) is 2. The minimum atomic E-state index is -4.53. The van der Waals surface area contributed by atoms with Crippen LogP contribution in [0.4, 0.5) is 16.2 Å². The van der Waals surface area contributed by atoms with Gasteiger partial charge in [-0.15, -0.1) is 0 Å². The molecule has 0 bridgehead atoms. The quantitative estimate of drug-likeness (QED) is 0.198. The molecular formula is C35H30N4O11S2. The molecular weight excluding hydrogens is 717 g/mol. The lowest BCUT2D eigenvalue weighted by Crippen LogP contribution is -2.28. The van der Waals surface area contributed by atoms with Crippen LogP contribution < -0.4 is 10.6 Å². The summed E-state index contributed by atoms with van der Waals surface area (Å²) >= 11 is 0. The van der Waals surface area contributed by atoms with Gasteiger partial charge in [0.25, 0.3) is 32.1 Å². The first-order chi connectivity index (χ1) is 24.6. The number of carbonyl (C=O) groups is 3. The molecule has 268 valence electrons. The summed E-state index contributed by atoms with van der Waals surface area (Å²) in [4.78, 5) is 47.8. The Morgan fingerprint density at radius 3 is 1.38 bits per heavy atom. The lowest BCUT2D eigenvalue weighted by atomic mass is 9.81. The number of fused-ring (bicyclic) bond motifs is 2. The summed E-state index contributed by atoms with van der Waals surface area (Å²) in [6.45, 7) is 0. The fraction of sp³-hybridized carbons (Fsp3) is 0.171. The second kappa shape index (κ2) is 14.1. The van der Waals surface area contributed by atoms with Crippen LogP contribution in [-0.4, -0.2) is 65.4 Å². The van der Waals surface area contributed by atoms with Gasteiger partial charge in [0.1, 0.15) is 11.5 Å². The molecule has 0 aliphatic heterocycles. The summed E-state index contributed by atoms with van der Waals surface area (Å²) in [5.74, 6) is -4.00. The Morgan fingerprint density at radius 2 is 1.00 bits per heavy atom.